The van der Waals surface area contributed by atoms with Gasteiger partial charge in [-0.05, 0) is 67.5 Å². The van der Waals surface area contributed by atoms with E-state index < -0.39 is 0 Å². The van der Waals surface area contributed by atoms with Gasteiger partial charge in [0.05, 0.1) is 6.10 Å². The van der Waals surface area contributed by atoms with Gasteiger partial charge >= 0.3 is 0 Å². The number of carbonyl (C=O) groups is 1. The van der Waals surface area contributed by atoms with E-state index in [9.17, 15) is 4.79 Å². The molecule has 0 atom stereocenters. The number of anilines is 2. The van der Waals surface area contributed by atoms with E-state index in [1.807, 2.05) is 12.1 Å². The quantitative estimate of drug-likeness (QED) is 0.709. The molecule has 1 aliphatic rings. The molecule has 0 radical (unpaired) electrons. The van der Waals surface area contributed by atoms with Crippen molar-refractivity contribution in [2.45, 2.75) is 36.7 Å². The largest absolute Gasteiger partial charge is 0.381 e. The number of methoxy groups -OCH3 is 1. The molecular weight excluding hydrogens is 356 g/mol. The Morgan fingerprint density at radius 3 is 2.37 bits per heavy atom. The lowest BCUT2D eigenvalue weighted by Gasteiger charge is -2.33. The first-order valence-corrected chi connectivity index (χ1v) is 10.7. The molecule has 1 heterocycles. The fourth-order valence-electron chi connectivity index (χ4n) is 3.38. The third-order valence-electron chi connectivity index (χ3n) is 5.09. The molecule has 2 aromatic rings. The highest BCUT2D eigenvalue weighted by Gasteiger charge is 2.18. The van der Waals surface area contributed by atoms with Crippen molar-refractivity contribution in [2.75, 3.05) is 36.7 Å². The number of piperidine rings is 1. The van der Waals surface area contributed by atoms with Crippen molar-refractivity contribution < 1.29 is 9.53 Å². The second-order valence-corrected chi connectivity index (χ2v) is 7.74. The summed E-state index contributed by atoms with van der Waals surface area (Å²) < 4.78 is 5.43. The summed E-state index contributed by atoms with van der Waals surface area (Å²) in [5.74, 6) is 0.0533. The number of hydrogen-bond donors (Lipinski definition) is 1. The molecule has 3 rings (SSSR count). The van der Waals surface area contributed by atoms with Crippen molar-refractivity contribution in [3.05, 3.63) is 54.1 Å². The van der Waals surface area contributed by atoms with Gasteiger partial charge in [0.2, 0.25) is 5.91 Å². The summed E-state index contributed by atoms with van der Waals surface area (Å²) >= 11 is 1.73. The Hall–Kier alpha value is -1.98. The minimum absolute atomic E-state index is 0.0533. The molecule has 0 aromatic heterocycles. The molecule has 1 N–H and O–H groups in total. The molecule has 27 heavy (non-hydrogen) atoms. The zero-order chi connectivity index (χ0) is 19.1. The summed E-state index contributed by atoms with van der Waals surface area (Å²) in [6.45, 7) is 2.03. The lowest BCUT2D eigenvalue weighted by molar-refractivity contribution is -0.116. The van der Waals surface area contributed by atoms with E-state index in [1.165, 1.54) is 16.1 Å². The van der Waals surface area contributed by atoms with Crippen LogP contribution < -0.4 is 10.2 Å². The number of nitrogens with one attached hydrogen (secondary N) is 1. The van der Waals surface area contributed by atoms with Gasteiger partial charge in [-0.15, -0.1) is 11.8 Å². The highest BCUT2D eigenvalue weighted by atomic mass is 32.2. The van der Waals surface area contributed by atoms with Gasteiger partial charge < -0.3 is 15.0 Å². The summed E-state index contributed by atoms with van der Waals surface area (Å²) in [5, 5.41) is 3.00. The lowest BCUT2D eigenvalue weighted by atomic mass is 10.1. The zero-order valence-corrected chi connectivity index (χ0v) is 16.9. The van der Waals surface area contributed by atoms with E-state index >= 15 is 0 Å². The topological polar surface area (TPSA) is 41.6 Å². The van der Waals surface area contributed by atoms with Crippen LogP contribution in [0.3, 0.4) is 0 Å². The highest BCUT2D eigenvalue weighted by molar-refractivity contribution is 7.98. The van der Waals surface area contributed by atoms with Crippen molar-refractivity contribution >= 4 is 29.0 Å². The van der Waals surface area contributed by atoms with Crippen LogP contribution in [0.25, 0.3) is 0 Å². The summed E-state index contributed by atoms with van der Waals surface area (Å²) in [4.78, 5) is 15.8. The minimum Gasteiger partial charge on any atom is -0.381 e. The van der Waals surface area contributed by atoms with Gasteiger partial charge in [-0.2, -0.15) is 0 Å². The highest BCUT2D eigenvalue weighted by Crippen LogP contribution is 2.23. The Bertz CT molecular complexity index is 723. The van der Waals surface area contributed by atoms with Crippen LogP contribution in [0.2, 0.25) is 0 Å². The molecule has 5 heteroatoms. The molecule has 1 saturated heterocycles. The van der Waals surface area contributed by atoms with Gasteiger partial charge in [-0.1, -0.05) is 12.1 Å². The van der Waals surface area contributed by atoms with Crippen LogP contribution >= 0.6 is 11.8 Å². The van der Waals surface area contributed by atoms with Crippen molar-refractivity contribution in [1.82, 2.24) is 0 Å². The van der Waals surface area contributed by atoms with Gasteiger partial charge in [0.25, 0.3) is 0 Å². The number of rotatable bonds is 7. The molecule has 0 aliphatic carbocycles. The second-order valence-electron chi connectivity index (χ2n) is 6.87. The van der Waals surface area contributed by atoms with Crippen molar-refractivity contribution in [1.29, 1.82) is 0 Å². The zero-order valence-electron chi connectivity index (χ0n) is 16.1. The molecule has 0 bridgehead atoms. The Morgan fingerprint density at radius 1 is 1.11 bits per heavy atom. The molecule has 0 saturated carbocycles. The fraction of sp³-hybridized carbons (Fsp3) is 0.409. The SMILES string of the molecule is COC1CCN(c2ccc(NC(=O)CCc3ccc(SC)cc3)cc2)CC1. The van der Waals surface area contributed by atoms with Gasteiger partial charge in [0, 0.05) is 42.9 Å². The van der Waals surface area contributed by atoms with Crippen molar-refractivity contribution in [3.63, 3.8) is 0 Å². The number of amides is 1. The van der Waals surface area contributed by atoms with E-state index in [0.29, 0.717) is 12.5 Å². The Morgan fingerprint density at radius 2 is 1.78 bits per heavy atom. The second kappa shape index (κ2) is 9.81. The third kappa shape index (κ3) is 5.75. The standard InChI is InChI=1S/C22H28N2O2S/c1-26-20-13-15-24(16-14-20)19-8-6-18(7-9-19)23-22(25)12-5-17-3-10-21(27-2)11-4-17/h3-4,6-11,20H,5,12-16H2,1-2H3,(H,23,25). The van der Waals surface area contributed by atoms with Crippen LogP contribution in [0.15, 0.2) is 53.4 Å². The van der Waals surface area contributed by atoms with Gasteiger partial charge in [-0.3, -0.25) is 4.79 Å². The van der Waals surface area contributed by atoms with Crippen LogP contribution in [-0.2, 0) is 16.0 Å². The van der Waals surface area contributed by atoms with Gasteiger partial charge in [-0.25, -0.2) is 0 Å². The van der Waals surface area contributed by atoms with Crippen LogP contribution in [-0.4, -0.2) is 38.5 Å². The van der Waals surface area contributed by atoms with Crippen molar-refractivity contribution in [3.8, 4) is 0 Å². The third-order valence-corrected chi connectivity index (χ3v) is 5.83. The number of benzene rings is 2. The summed E-state index contributed by atoms with van der Waals surface area (Å²) in [7, 11) is 1.79. The molecule has 0 spiro atoms. The van der Waals surface area contributed by atoms with Crippen LogP contribution in [0.4, 0.5) is 11.4 Å². The molecule has 1 fully saturated rings. The number of carbonyl (C=O) groups excluding carboxylic acids is 1. The van der Waals surface area contributed by atoms with Crippen LogP contribution in [0.1, 0.15) is 24.8 Å². The predicted octanol–water partition coefficient (Wildman–Crippen LogP) is 4.60. The predicted molar refractivity (Wildman–Crippen MR) is 114 cm³/mol. The molecule has 1 aliphatic heterocycles. The minimum atomic E-state index is 0.0533. The maximum absolute atomic E-state index is 12.2. The van der Waals surface area contributed by atoms with E-state index in [4.69, 9.17) is 4.74 Å². The molecule has 4 nitrogen and oxygen atoms in total. The first kappa shape index (κ1) is 19.8. The average Bonchev–Trinajstić information content (AvgIpc) is 2.73. The summed E-state index contributed by atoms with van der Waals surface area (Å²) in [5.41, 5.74) is 3.25. The Balaban J connectivity index is 1.46. The summed E-state index contributed by atoms with van der Waals surface area (Å²) in [6.07, 6.45) is 5.82. The first-order chi connectivity index (χ1) is 13.2. The van der Waals surface area contributed by atoms with E-state index in [-0.39, 0.29) is 5.91 Å². The van der Waals surface area contributed by atoms with E-state index in [2.05, 4.69) is 52.9 Å². The van der Waals surface area contributed by atoms with Crippen LogP contribution in [0.5, 0.6) is 0 Å². The molecule has 2 aromatic carbocycles. The van der Waals surface area contributed by atoms with Crippen molar-refractivity contribution in [2.24, 2.45) is 0 Å². The number of hydrogen-bond acceptors (Lipinski definition) is 4. The van der Waals surface area contributed by atoms with E-state index in [0.717, 1.165) is 38.0 Å². The first-order valence-electron chi connectivity index (χ1n) is 9.48. The monoisotopic (exact) mass is 384 g/mol. The Labute approximate surface area is 166 Å². The van der Waals surface area contributed by atoms with Gasteiger partial charge in [0.1, 0.15) is 0 Å². The Kier molecular flexibility index (Phi) is 7.18. The molecule has 0 unspecified atom stereocenters. The smallest absolute Gasteiger partial charge is 0.224 e. The maximum Gasteiger partial charge on any atom is 0.224 e. The normalized spacial score (nSPS) is 15.0. The van der Waals surface area contributed by atoms with Gasteiger partial charge in [0.15, 0.2) is 0 Å². The average molecular weight is 385 g/mol. The molecule has 1 amide bonds. The maximum atomic E-state index is 12.2. The van der Waals surface area contributed by atoms with Crippen LogP contribution in [0, 0.1) is 0 Å². The number of thioether (sulfide) groups is 1. The van der Waals surface area contributed by atoms with E-state index in [1.54, 1.807) is 18.9 Å². The molecule has 144 valence electrons. The number of nitrogens with zero attached hydrogens (tertiary/aromatic N) is 1. The molecular formula is C22H28N2O2S. The fourth-order valence-corrected chi connectivity index (χ4v) is 3.79. The summed E-state index contributed by atoms with van der Waals surface area (Å²) in [6, 6.07) is 16.6. The number of aryl methyl sites for hydroxylation is 1. The number of ether oxygens (including phenoxy) is 1. The lowest BCUT2D eigenvalue weighted by Crippen LogP contribution is -2.36.